The van der Waals surface area contributed by atoms with E-state index >= 15 is 0 Å². The quantitative estimate of drug-likeness (QED) is 0.816. The highest BCUT2D eigenvalue weighted by atomic mass is 16.5. The largest absolute Gasteiger partial charge is 0.488 e. The number of hydrogen-bond acceptors (Lipinski definition) is 5. The van der Waals surface area contributed by atoms with Crippen molar-refractivity contribution in [2.24, 2.45) is 5.92 Å². The number of aromatic nitrogens is 2. The summed E-state index contributed by atoms with van der Waals surface area (Å²) in [5.41, 5.74) is 2.85. The number of carbonyl (C=O) groups is 2. The molecule has 2 atom stereocenters. The first-order valence-electron chi connectivity index (χ1n) is 8.46. The third kappa shape index (κ3) is 3.84. The fraction of sp³-hybridized carbons (Fsp3) is 0.368. The predicted molar refractivity (Wildman–Crippen MR) is 93.1 cm³/mol. The first kappa shape index (κ1) is 17.1. The number of ether oxygens (including phenoxy) is 1. The highest BCUT2D eigenvalue weighted by Gasteiger charge is 2.26. The van der Waals surface area contributed by atoms with Gasteiger partial charge in [0.1, 0.15) is 11.9 Å². The van der Waals surface area contributed by atoms with E-state index in [-0.39, 0.29) is 17.8 Å². The molecule has 0 spiro atoms. The van der Waals surface area contributed by atoms with Gasteiger partial charge >= 0.3 is 0 Å². The zero-order chi connectivity index (χ0) is 17.8. The van der Waals surface area contributed by atoms with Gasteiger partial charge in [0.25, 0.3) is 5.91 Å². The van der Waals surface area contributed by atoms with Crippen molar-refractivity contribution >= 4 is 11.7 Å². The zero-order valence-electron chi connectivity index (χ0n) is 14.4. The molecule has 1 aliphatic heterocycles. The number of hydrogen-bond donors (Lipinski definition) is 1. The van der Waals surface area contributed by atoms with Crippen molar-refractivity contribution in [1.29, 1.82) is 0 Å². The molecule has 0 unspecified atom stereocenters. The number of fused-ring (bicyclic) bond motifs is 1. The summed E-state index contributed by atoms with van der Waals surface area (Å²) in [5, 5.41) is 2.68. The van der Waals surface area contributed by atoms with Crippen LogP contribution in [0.4, 0.5) is 0 Å². The molecule has 6 heteroatoms. The summed E-state index contributed by atoms with van der Waals surface area (Å²) >= 11 is 0. The van der Waals surface area contributed by atoms with E-state index in [4.69, 9.17) is 4.74 Å². The first-order valence-corrected chi connectivity index (χ1v) is 8.46. The van der Waals surface area contributed by atoms with E-state index in [2.05, 4.69) is 15.3 Å². The van der Waals surface area contributed by atoms with Gasteiger partial charge in [0.15, 0.2) is 0 Å². The van der Waals surface area contributed by atoms with Crippen LogP contribution >= 0.6 is 0 Å². The Hall–Kier alpha value is -2.76. The van der Waals surface area contributed by atoms with Gasteiger partial charge in [-0.1, -0.05) is 13.8 Å². The molecule has 0 saturated carbocycles. The lowest BCUT2D eigenvalue weighted by atomic mass is 10.0. The van der Waals surface area contributed by atoms with Crippen molar-refractivity contribution in [3.8, 4) is 17.0 Å². The molecule has 6 nitrogen and oxygen atoms in total. The monoisotopic (exact) mass is 339 g/mol. The van der Waals surface area contributed by atoms with E-state index in [1.807, 2.05) is 25.1 Å². The molecule has 1 aliphatic rings. The number of ketones is 1. The van der Waals surface area contributed by atoms with Gasteiger partial charge < -0.3 is 10.1 Å². The van der Waals surface area contributed by atoms with Crippen molar-refractivity contribution in [3.05, 3.63) is 42.4 Å². The predicted octanol–water partition coefficient (Wildman–Crippen LogP) is 2.18. The molecular formula is C19H21N3O3. The summed E-state index contributed by atoms with van der Waals surface area (Å²) in [5.74, 6) is -0.353. The SMILES string of the molecule is CC[C@H](C)C(=O)C(=O)NC[C@H]1Cc2cc(-c3cnccn3)ccc2O1. The Labute approximate surface area is 146 Å². The molecule has 1 aromatic heterocycles. The van der Waals surface area contributed by atoms with Crippen molar-refractivity contribution < 1.29 is 14.3 Å². The molecular weight excluding hydrogens is 318 g/mol. The molecule has 2 aromatic rings. The van der Waals surface area contributed by atoms with Gasteiger partial charge in [-0.3, -0.25) is 19.6 Å². The molecule has 0 aliphatic carbocycles. The number of nitrogens with zero attached hydrogens (tertiary/aromatic N) is 2. The number of amides is 1. The molecule has 1 amide bonds. The van der Waals surface area contributed by atoms with E-state index < -0.39 is 5.91 Å². The van der Waals surface area contributed by atoms with Crippen LogP contribution in [0.2, 0.25) is 0 Å². The van der Waals surface area contributed by atoms with Crippen LogP contribution < -0.4 is 10.1 Å². The highest BCUT2D eigenvalue weighted by molar-refractivity contribution is 6.36. The number of benzene rings is 1. The zero-order valence-corrected chi connectivity index (χ0v) is 14.4. The van der Waals surface area contributed by atoms with Gasteiger partial charge in [0.05, 0.1) is 18.4 Å². The molecule has 1 N–H and O–H groups in total. The Kier molecular flexibility index (Phi) is 5.07. The Morgan fingerprint density at radius 3 is 2.92 bits per heavy atom. The summed E-state index contributed by atoms with van der Waals surface area (Å²) < 4.78 is 5.85. The van der Waals surface area contributed by atoms with Crippen molar-refractivity contribution in [2.75, 3.05) is 6.54 Å². The normalized spacial score (nSPS) is 16.6. The lowest BCUT2D eigenvalue weighted by molar-refractivity contribution is -0.140. The summed E-state index contributed by atoms with van der Waals surface area (Å²) in [6, 6.07) is 5.88. The molecule has 2 heterocycles. The Morgan fingerprint density at radius 1 is 1.36 bits per heavy atom. The standard InChI is InChI=1S/C19H21N3O3/c1-3-12(2)18(23)19(24)22-10-15-9-14-8-13(4-5-17(14)25-15)16-11-20-6-7-21-16/h4-8,11-12,15H,3,9-10H2,1-2H3,(H,22,24)/t12-,15+/m0/s1. The Balaban J connectivity index is 1.60. The van der Waals surface area contributed by atoms with E-state index in [9.17, 15) is 9.59 Å². The molecule has 3 rings (SSSR count). The van der Waals surface area contributed by atoms with Crippen LogP contribution in [0, 0.1) is 5.92 Å². The number of carbonyl (C=O) groups excluding carboxylic acids is 2. The van der Waals surface area contributed by atoms with Crippen LogP contribution in [-0.4, -0.2) is 34.3 Å². The maximum Gasteiger partial charge on any atom is 0.287 e. The molecule has 0 radical (unpaired) electrons. The number of Topliss-reactive ketones (excluding diaryl/α,β-unsaturated/α-hetero) is 1. The average molecular weight is 339 g/mol. The van der Waals surface area contributed by atoms with E-state index in [1.54, 1.807) is 25.5 Å². The van der Waals surface area contributed by atoms with Gasteiger partial charge in [-0.2, -0.15) is 0 Å². The van der Waals surface area contributed by atoms with Gasteiger partial charge in [0.2, 0.25) is 5.78 Å². The minimum absolute atomic E-state index is 0.166. The van der Waals surface area contributed by atoms with Crippen LogP contribution in [-0.2, 0) is 16.0 Å². The molecule has 0 saturated heterocycles. The van der Waals surface area contributed by atoms with E-state index in [1.165, 1.54) is 0 Å². The minimum atomic E-state index is -0.533. The van der Waals surface area contributed by atoms with Gasteiger partial charge in [0, 0.05) is 30.3 Å². The maximum absolute atomic E-state index is 11.9. The van der Waals surface area contributed by atoms with Crippen LogP contribution in [0.3, 0.4) is 0 Å². The minimum Gasteiger partial charge on any atom is -0.488 e. The first-order chi connectivity index (χ1) is 12.1. The lowest BCUT2D eigenvalue weighted by Crippen LogP contribution is -2.40. The third-order valence-electron chi connectivity index (χ3n) is 4.43. The van der Waals surface area contributed by atoms with Crippen molar-refractivity contribution in [1.82, 2.24) is 15.3 Å². The maximum atomic E-state index is 11.9. The summed E-state index contributed by atoms with van der Waals surface area (Å²) in [6.07, 6.45) is 6.19. The molecule has 130 valence electrons. The number of rotatable bonds is 6. The van der Waals surface area contributed by atoms with E-state index in [0.29, 0.717) is 19.4 Å². The van der Waals surface area contributed by atoms with Gasteiger partial charge in [-0.15, -0.1) is 0 Å². The highest BCUT2D eigenvalue weighted by Crippen LogP contribution is 2.32. The van der Waals surface area contributed by atoms with Gasteiger partial charge in [-0.05, 0) is 30.2 Å². The van der Waals surface area contributed by atoms with Gasteiger partial charge in [-0.25, -0.2) is 0 Å². The number of nitrogens with one attached hydrogen (secondary N) is 1. The van der Waals surface area contributed by atoms with E-state index in [0.717, 1.165) is 22.6 Å². The smallest absolute Gasteiger partial charge is 0.287 e. The Morgan fingerprint density at radius 2 is 2.20 bits per heavy atom. The second-order valence-corrected chi connectivity index (χ2v) is 6.24. The second kappa shape index (κ2) is 7.42. The average Bonchev–Trinajstić information content (AvgIpc) is 3.07. The fourth-order valence-corrected chi connectivity index (χ4v) is 2.74. The molecule has 1 aromatic carbocycles. The summed E-state index contributed by atoms with van der Waals surface area (Å²) in [4.78, 5) is 32.1. The topological polar surface area (TPSA) is 81.2 Å². The Bertz CT molecular complexity index is 777. The fourth-order valence-electron chi connectivity index (χ4n) is 2.74. The van der Waals surface area contributed by atoms with Crippen LogP contribution in [0.1, 0.15) is 25.8 Å². The van der Waals surface area contributed by atoms with Crippen molar-refractivity contribution in [2.45, 2.75) is 32.8 Å². The summed E-state index contributed by atoms with van der Waals surface area (Å²) in [6.45, 7) is 3.97. The van der Waals surface area contributed by atoms with Crippen LogP contribution in [0.5, 0.6) is 5.75 Å². The second-order valence-electron chi connectivity index (χ2n) is 6.24. The molecule has 0 bridgehead atoms. The molecule has 0 fully saturated rings. The molecule has 25 heavy (non-hydrogen) atoms. The third-order valence-corrected chi connectivity index (χ3v) is 4.43. The summed E-state index contributed by atoms with van der Waals surface area (Å²) in [7, 11) is 0. The van der Waals surface area contributed by atoms with Crippen molar-refractivity contribution in [3.63, 3.8) is 0 Å². The van der Waals surface area contributed by atoms with Crippen LogP contribution in [0.25, 0.3) is 11.3 Å². The van der Waals surface area contributed by atoms with Crippen LogP contribution in [0.15, 0.2) is 36.8 Å². The lowest BCUT2D eigenvalue weighted by Gasteiger charge is -2.12.